The fraction of sp³-hybridized carbons (Fsp3) is 0.250. The number of pyridine rings is 1. The van der Waals surface area contributed by atoms with Crippen LogP contribution in [0, 0.1) is 0 Å². The molecule has 2 N–H and O–H groups in total. The zero-order valence-electron chi connectivity index (χ0n) is 12.2. The summed E-state index contributed by atoms with van der Waals surface area (Å²) in [5, 5.41) is 19.1. The van der Waals surface area contributed by atoms with Gasteiger partial charge in [-0.1, -0.05) is 17.7 Å². The van der Waals surface area contributed by atoms with E-state index in [0.29, 0.717) is 18.1 Å². The second-order valence-corrected chi connectivity index (χ2v) is 5.61. The largest absolute Gasteiger partial charge is 0.387 e. The highest BCUT2D eigenvalue weighted by Crippen LogP contribution is 2.24. The molecule has 0 aliphatic heterocycles. The van der Waals surface area contributed by atoms with Crippen LogP contribution in [0.4, 0.5) is 0 Å². The fourth-order valence-electron chi connectivity index (χ4n) is 2.41. The van der Waals surface area contributed by atoms with E-state index in [0.717, 1.165) is 22.0 Å². The summed E-state index contributed by atoms with van der Waals surface area (Å²) in [5.74, 6) is 0. The number of halogens is 1. The van der Waals surface area contributed by atoms with Crippen LogP contribution in [0.25, 0.3) is 10.9 Å². The van der Waals surface area contributed by atoms with Gasteiger partial charge in [0.05, 0.1) is 17.8 Å². The van der Waals surface area contributed by atoms with E-state index in [-0.39, 0.29) is 0 Å². The zero-order valence-corrected chi connectivity index (χ0v) is 13.0. The van der Waals surface area contributed by atoms with Crippen LogP contribution in [-0.4, -0.2) is 26.4 Å². The summed E-state index contributed by atoms with van der Waals surface area (Å²) in [4.78, 5) is 4.40. The number of fused-ring (bicyclic) bond motifs is 1. The lowest BCUT2D eigenvalue weighted by Gasteiger charge is -2.11. The van der Waals surface area contributed by atoms with E-state index in [9.17, 15) is 5.11 Å². The molecule has 3 rings (SSSR count). The van der Waals surface area contributed by atoms with Gasteiger partial charge in [0.25, 0.3) is 0 Å². The van der Waals surface area contributed by atoms with Gasteiger partial charge in [-0.3, -0.25) is 9.67 Å². The van der Waals surface area contributed by atoms with Gasteiger partial charge in [0.15, 0.2) is 0 Å². The van der Waals surface area contributed by atoms with Gasteiger partial charge in [0.2, 0.25) is 0 Å². The van der Waals surface area contributed by atoms with E-state index in [2.05, 4.69) is 15.4 Å². The molecule has 0 bridgehead atoms. The second kappa shape index (κ2) is 6.44. The maximum absolute atomic E-state index is 10.1. The number of hydrogen-bond acceptors (Lipinski definition) is 4. The molecule has 2 heterocycles. The molecule has 0 fully saturated rings. The fourth-order valence-corrected chi connectivity index (χ4v) is 2.63. The van der Waals surface area contributed by atoms with Gasteiger partial charge in [0.1, 0.15) is 0 Å². The number of nitrogens with one attached hydrogen (secondary N) is 1. The second-order valence-electron chi connectivity index (χ2n) is 5.20. The first-order valence-electron chi connectivity index (χ1n) is 7.04. The Balaban J connectivity index is 1.68. The summed E-state index contributed by atoms with van der Waals surface area (Å²) in [6, 6.07) is 7.66. The van der Waals surface area contributed by atoms with Crippen LogP contribution < -0.4 is 5.32 Å². The number of nitrogens with zero attached hydrogens (tertiary/aromatic N) is 3. The Morgan fingerprint density at radius 2 is 2.23 bits per heavy atom. The van der Waals surface area contributed by atoms with Gasteiger partial charge in [-0.2, -0.15) is 5.10 Å². The first-order valence-corrected chi connectivity index (χ1v) is 7.42. The topological polar surface area (TPSA) is 63.0 Å². The minimum atomic E-state index is -0.583. The molecule has 3 aromatic rings. The molecule has 0 unspecified atom stereocenters. The molecular weight excluding hydrogens is 300 g/mol. The molecule has 0 aliphatic rings. The molecule has 0 saturated carbocycles. The highest BCUT2D eigenvalue weighted by molar-refractivity contribution is 6.35. The number of rotatable bonds is 5. The molecule has 0 amide bonds. The van der Waals surface area contributed by atoms with Crippen molar-refractivity contribution in [3.05, 3.63) is 59.0 Å². The molecule has 22 heavy (non-hydrogen) atoms. The standard InChI is InChI=1S/C16H17ClN4O/c1-21-10-12(8-20-21)15(22)9-18-7-11-4-5-14(17)13-3-2-6-19-16(11)13/h2-6,8,10,15,18,22H,7,9H2,1H3/t15-/m1/s1. The van der Waals surface area contributed by atoms with Crippen LogP contribution in [-0.2, 0) is 13.6 Å². The molecule has 2 aromatic heterocycles. The van der Waals surface area contributed by atoms with Crippen molar-refractivity contribution in [2.75, 3.05) is 6.54 Å². The third-order valence-electron chi connectivity index (χ3n) is 3.56. The predicted octanol–water partition coefficient (Wildman–Crippen LogP) is 2.44. The zero-order chi connectivity index (χ0) is 15.5. The van der Waals surface area contributed by atoms with Crippen molar-refractivity contribution in [1.29, 1.82) is 0 Å². The van der Waals surface area contributed by atoms with Gasteiger partial charge in [-0.05, 0) is 23.8 Å². The number of aromatic nitrogens is 3. The lowest BCUT2D eigenvalue weighted by atomic mass is 10.1. The van der Waals surface area contributed by atoms with Crippen LogP contribution in [0.15, 0.2) is 42.9 Å². The Bertz CT molecular complexity index is 787. The van der Waals surface area contributed by atoms with Gasteiger partial charge in [-0.25, -0.2) is 0 Å². The summed E-state index contributed by atoms with van der Waals surface area (Å²) in [6.45, 7) is 1.06. The van der Waals surface area contributed by atoms with Crippen LogP contribution in [0.3, 0.4) is 0 Å². The van der Waals surface area contributed by atoms with Crippen molar-refractivity contribution in [2.45, 2.75) is 12.6 Å². The van der Waals surface area contributed by atoms with Crippen LogP contribution in [0.2, 0.25) is 5.02 Å². The van der Waals surface area contributed by atoms with Gasteiger partial charge in [0, 0.05) is 48.5 Å². The number of hydrogen-bond donors (Lipinski definition) is 2. The smallest absolute Gasteiger partial charge is 0.0944 e. The van der Waals surface area contributed by atoms with Crippen LogP contribution >= 0.6 is 11.6 Å². The molecule has 0 spiro atoms. The highest BCUT2D eigenvalue weighted by Gasteiger charge is 2.10. The Labute approximate surface area is 133 Å². The molecule has 5 nitrogen and oxygen atoms in total. The SMILES string of the molecule is Cn1cc([C@H](O)CNCc2ccc(Cl)c3cccnc23)cn1. The van der Waals surface area contributed by atoms with E-state index in [1.54, 1.807) is 17.1 Å². The molecule has 1 aromatic carbocycles. The third-order valence-corrected chi connectivity index (χ3v) is 3.89. The molecule has 114 valence electrons. The average Bonchev–Trinajstić information content (AvgIpc) is 2.96. The van der Waals surface area contributed by atoms with E-state index in [1.165, 1.54) is 0 Å². The summed E-state index contributed by atoms with van der Waals surface area (Å²) in [5.41, 5.74) is 2.74. The van der Waals surface area contributed by atoms with Crippen molar-refractivity contribution in [2.24, 2.45) is 7.05 Å². The monoisotopic (exact) mass is 316 g/mol. The molecule has 0 aliphatic carbocycles. The molecular formula is C16H17ClN4O. The minimum Gasteiger partial charge on any atom is -0.387 e. The number of aliphatic hydroxyl groups is 1. The Hall–Kier alpha value is -1.95. The average molecular weight is 317 g/mol. The molecule has 1 atom stereocenters. The van der Waals surface area contributed by atoms with E-state index in [1.807, 2.05) is 37.5 Å². The van der Waals surface area contributed by atoms with Crippen molar-refractivity contribution in [1.82, 2.24) is 20.1 Å². The summed E-state index contributed by atoms with van der Waals surface area (Å²) < 4.78 is 1.68. The lowest BCUT2D eigenvalue weighted by molar-refractivity contribution is 0.174. The number of benzene rings is 1. The quantitative estimate of drug-likeness (QED) is 0.759. The van der Waals surface area contributed by atoms with Crippen LogP contribution in [0.5, 0.6) is 0 Å². The summed E-state index contributed by atoms with van der Waals surface area (Å²) in [7, 11) is 1.83. The third kappa shape index (κ3) is 3.11. The first-order chi connectivity index (χ1) is 10.6. The van der Waals surface area contributed by atoms with E-state index in [4.69, 9.17) is 11.6 Å². The number of aryl methyl sites for hydroxylation is 1. The Morgan fingerprint density at radius 1 is 1.36 bits per heavy atom. The number of aliphatic hydroxyl groups excluding tert-OH is 1. The minimum absolute atomic E-state index is 0.447. The maximum atomic E-state index is 10.1. The molecule has 0 radical (unpaired) electrons. The highest BCUT2D eigenvalue weighted by atomic mass is 35.5. The summed E-state index contributed by atoms with van der Waals surface area (Å²) in [6.07, 6.45) is 4.66. The van der Waals surface area contributed by atoms with Gasteiger partial charge >= 0.3 is 0 Å². The van der Waals surface area contributed by atoms with E-state index >= 15 is 0 Å². The van der Waals surface area contributed by atoms with Crippen molar-refractivity contribution < 1.29 is 5.11 Å². The van der Waals surface area contributed by atoms with Gasteiger partial charge < -0.3 is 10.4 Å². The first kappa shape index (κ1) is 15.0. The molecule has 0 saturated heterocycles. The maximum Gasteiger partial charge on any atom is 0.0944 e. The van der Waals surface area contributed by atoms with Crippen molar-refractivity contribution in [3.8, 4) is 0 Å². The van der Waals surface area contributed by atoms with Crippen molar-refractivity contribution in [3.63, 3.8) is 0 Å². The molecule has 6 heteroatoms. The van der Waals surface area contributed by atoms with E-state index < -0.39 is 6.10 Å². The van der Waals surface area contributed by atoms with Crippen LogP contribution in [0.1, 0.15) is 17.2 Å². The van der Waals surface area contributed by atoms with Gasteiger partial charge in [-0.15, -0.1) is 0 Å². The Kier molecular flexibility index (Phi) is 4.38. The normalized spacial score (nSPS) is 12.7. The Morgan fingerprint density at radius 3 is 3.00 bits per heavy atom. The summed E-state index contributed by atoms with van der Waals surface area (Å²) >= 11 is 6.19. The predicted molar refractivity (Wildman–Crippen MR) is 86.6 cm³/mol. The lowest BCUT2D eigenvalue weighted by Crippen LogP contribution is -2.21. The van der Waals surface area contributed by atoms with Crippen molar-refractivity contribution >= 4 is 22.5 Å².